The quantitative estimate of drug-likeness (QED) is 0.534. The van der Waals surface area contributed by atoms with Gasteiger partial charge in [-0.05, 0) is 18.2 Å². The highest BCUT2D eigenvalue weighted by atomic mass is 32.2. The lowest BCUT2D eigenvalue weighted by atomic mass is 10.2. The van der Waals surface area contributed by atoms with Crippen LogP contribution in [0.3, 0.4) is 0 Å². The van der Waals surface area contributed by atoms with Gasteiger partial charge >= 0.3 is 12.0 Å². The number of thioether (sulfide) groups is 1. The van der Waals surface area contributed by atoms with Crippen molar-refractivity contribution in [1.82, 2.24) is 5.32 Å². The lowest BCUT2D eigenvalue weighted by Crippen LogP contribution is -2.30. The molecule has 1 rings (SSSR count). The van der Waals surface area contributed by atoms with Crippen molar-refractivity contribution in [3.8, 4) is 0 Å². The van der Waals surface area contributed by atoms with Crippen molar-refractivity contribution in [2.45, 2.75) is 0 Å². The van der Waals surface area contributed by atoms with Crippen LogP contribution in [-0.4, -0.2) is 35.2 Å². The summed E-state index contributed by atoms with van der Waals surface area (Å²) in [7, 11) is 0. The van der Waals surface area contributed by atoms with Gasteiger partial charge in [0, 0.05) is 18.1 Å². The van der Waals surface area contributed by atoms with Crippen LogP contribution >= 0.6 is 11.8 Å². The molecule has 0 atom stereocenters. The number of aromatic carboxylic acids is 1. The molecule has 0 radical (unpaired) electrons. The van der Waals surface area contributed by atoms with Crippen molar-refractivity contribution in [2.24, 2.45) is 0 Å². The van der Waals surface area contributed by atoms with Gasteiger partial charge in [-0.2, -0.15) is 11.8 Å². The van der Waals surface area contributed by atoms with E-state index < -0.39 is 17.8 Å². The number of benzene rings is 1. The molecule has 5 nitrogen and oxygen atoms in total. The Hall–Kier alpha value is -2.02. The number of carboxylic acids is 1. The Morgan fingerprint density at radius 1 is 1.45 bits per heavy atom. The van der Waals surface area contributed by atoms with Crippen LogP contribution in [0.15, 0.2) is 30.9 Å². The van der Waals surface area contributed by atoms with Crippen molar-refractivity contribution in [2.75, 3.05) is 23.4 Å². The summed E-state index contributed by atoms with van der Waals surface area (Å²) in [6.45, 7) is 4.02. The second-order valence-electron chi connectivity index (χ2n) is 3.74. The van der Waals surface area contributed by atoms with E-state index in [1.807, 2.05) is 0 Å². The van der Waals surface area contributed by atoms with Crippen LogP contribution in [0.25, 0.3) is 0 Å². The highest BCUT2D eigenvalue weighted by molar-refractivity contribution is 7.99. The Labute approximate surface area is 120 Å². The fourth-order valence-electron chi connectivity index (χ4n) is 1.32. The van der Waals surface area contributed by atoms with E-state index in [-0.39, 0.29) is 11.3 Å². The van der Waals surface area contributed by atoms with Gasteiger partial charge in [0.15, 0.2) is 0 Å². The molecule has 2 amide bonds. The van der Waals surface area contributed by atoms with Crippen molar-refractivity contribution in [3.05, 3.63) is 42.2 Å². The maximum Gasteiger partial charge on any atom is 0.335 e. The fourth-order valence-corrected chi connectivity index (χ4v) is 1.90. The molecule has 1 aromatic carbocycles. The number of carboxylic acid groups (broad SMARTS) is 1. The molecule has 3 N–H and O–H groups in total. The monoisotopic (exact) mass is 298 g/mol. The van der Waals surface area contributed by atoms with E-state index in [1.54, 1.807) is 17.8 Å². The van der Waals surface area contributed by atoms with Crippen LogP contribution in [0.4, 0.5) is 14.9 Å². The first kappa shape index (κ1) is 16.0. The molecule has 0 heterocycles. The van der Waals surface area contributed by atoms with Crippen LogP contribution in [0.5, 0.6) is 0 Å². The summed E-state index contributed by atoms with van der Waals surface area (Å²) in [5.74, 6) is -0.491. The number of hydrogen-bond donors (Lipinski definition) is 3. The van der Waals surface area contributed by atoms with Crippen LogP contribution < -0.4 is 10.6 Å². The van der Waals surface area contributed by atoms with Gasteiger partial charge in [-0.25, -0.2) is 14.0 Å². The van der Waals surface area contributed by atoms with Gasteiger partial charge in [0.1, 0.15) is 5.82 Å². The standard InChI is InChI=1S/C13H15FN2O3S/c1-2-6-20-7-5-15-13(19)16-11-4-3-9(12(17)18)8-10(11)14/h2-4,8H,1,5-7H2,(H,17,18)(H2,15,16,19). The molecule has 20 heavy (non-hydrogen) atoms. The minimum atomic E-state index is -1.22. The molecule has 108 valence electrons. The first-order chi connectivity index (χ1) is 9.54. The van der Waals surface area contributed by atoms with Crippen LogP contribution in [0.1, 0.15) is 10.4 Å². The predicted molar refractivity (Wildman–Crippen MR) is 77.9 cm³/mol. The van der Waals surface area contributed by atoms with Crippen LogP contribution in [0, 0.1) is 5.82 Å². The lowest BCUT2D eigenvalue weighted by Gasteiger charge is -2.08. The normalized spacial score (nSPS) is 9.85. The second kappa shape index (κ2) is 8.21. The van der Waals surface area contributed by atoms with Crippen molar-refractivity contribution >= 4 is 29.4 Å². The molecule has 0 bridgehead atoms. The van der Waals surface area contributed by atoms with Gasteiger partial charge in [0.25, 0.3) is 0 Å². The van der Waals surface area contributed by atoms with Gasteiger partial charge in [0.2, 0.25) is 0 Å². The van der Waals surface area contributed by atoms with Gasteiger partial charge in [0.05, 0.1) is 11.3 Å². The number of nitrogens with one attached hydrogen (secondary N) is 2. The molecule has 0 spiro atoms. The van der Waals surface area contributed by atoms with E-state index in [4.69, 9.17) is 5.11 Å². The number of urea groups is 1. The van der Waals surface area contributed by atoms with Crippen molar-refractivity contribution < 1.29 is 19.1 Å². The SMILES string of the molecule is C=CCSCCNC(=O)Nc1ccc(C(=O)O)cc1F. The molecule has 7 heteroatoms. The minimum absolute atomic E-state index is 0.0637. The van der Waals surface area contributed by atoms with Crippen molar-refractivity contribution in [1.29, 1.82) is 0 Å². The minimum Gasteiger partial charge on any atom is -0.478 e. The first-order valence-electron chi connectivity index (χ1n) is 5.81. The Balaban J connectivity index is 2.45. The number of rotatable bonds is 7. The van der Waals surface area contributed by atoms with Crippen LogP contribution in [-0.2, 0) is 0 Å². The van der Waals surface area contributed by atoms with E-state index in [0.717, 1.165) is 17.6 Å². The molecule has 0 saturated heterocycles. The summed E-state index contributed by atoms with van der Waals surface area (Å²) < 4.78 is 13.5. The highest BCUT2D eigenvalue weighted by Crippen LogP contribution is 2.15. The molecule has 0 fully saturated rings. The Bertz CT molecular complexity index is 508. The topological polar surface area (TPSA) is 78.4 Å². The predicted octanol–water partition coefficient (Wildman–Crippen LogP) is 2.56. The largest absolute Gasteiger partial charge is 0.478 e. The third kappa shape index (κ3) is 5.31. The molecule has 0 unspecified atom stereocenters. The van der Waals surface area contributed by atoms with E-state index in [9.17, 15) is 14.0 Å². The summed E-state index contributed by atoms with van der Waals surface area (Å²) in [6, 6.07) is 2.76. The number of hydrogen-bond acceptors (Lipinski definition) is 3. The van der Waals surface area contributed by atoms with Gasteiger partial charge in [-0.3, -0.25) is 0 Å². The second-order valence-corrected chi connectivity index (χ2v) is 4.89. The number of carbonyl (C=O) groups is 2. The summed E-state index contributed by atoms with van der Waals surface area (Å²) in [5.41, 5.74) is -0.236. The summed E-state index contributed by atoms with van der Waals surface area (Å²) >= 11 is 1.61. The average Bonchev–Trinajstić information content (AvgIpc) is 2.40. The van der Waals surface area contributed by atoms with Gasteiger partial charge < -0.3 is 15.7 Å². The maximum absolute atomic E-state index is 13.5. The van der Waals surface area contributed by atoms with E-state index in [2.05, 4.69) is 17.2 Å². The molecule has 0 aliphatic rings. The zero-order valence-corrected chi connectivity index (χ0v) is 11.5. The summed E-state index contributed by atoms with van der Waals surface area (Å²) in [6.07, 6.45) is 1.77. The Morgan fingerprint density at radius 2 is 2.20 bits per heavy atom. The summed E-state index contributed by atoms with van der Waals surface area (Å²) in [4.78, 5) is 22.1. The zero-order chi connectivity index (χ0) is 15.0. The van der Waals surface area contributed by atoms with E-state index >= 15 is 0 Å². The summed E-state index contributed by atoms with van der Waals surface area (Å²) in [5, 5.41) is 13.6. The van der Waals surface area contributed by atoms with E-state index in [0.29, 0.717) is 6.54 Å². The maximum atomic E-state index is 13.5. The average molecular weight is 298 g/mol. The smallest absolute Gasteiger partial charge is 0.335 e. The fraction of sp³-hybridized carbons (Fsp3) is 0.231. The Kier molecular flexibility index (Phi) is 6.58. The molecule has 0 saturated carbocycles. The van der Waals surface area contributed by atoms with Gasteiger partial charge in [-0.15, -0.1) is 6.58 Å². The Morgan fingerprint density at radius 3 is 2.80 bits per heavy atom. The third-order valence-corrected chi connectivity index (χ3v) is 3.20. The number of carbonyl (C=O) groups excluding carboxylic acids is 1. The third-order valence-electron chi connectivity index (χ3n) is 2.23. The number of amides is 2. The lowest BCUT2D eigenvalue weighted by molar-refractivity contribution is 0.0696. The molecule has 0 aliphatic heterocycles. The number of anilines is 1. The molecule has 0 aliphatic carbocycles. The zero-order valence-electron chi connectivity index (χ0n) is 10.7. The molecule has 0 aromatic heterocycles. The van der Waals surface area contributed by atoms with E-state index in [1.165, 1.54) is 12.1 Å². The van der Waals surface area contributed by atoms with Gasteiger partial charge in [-0.1, -0.05) is 6.08 Å². The highest BCUT2D eigenvalue weighted by Gasteiger charge is 2.10. The van der Waals surface area contributed by atoms with Crippen molar-refractivity contribution in [3.63, 3.8) is 0 Å². The molecular formula is C13H15FN2O3S. The first-order valence-corrected chi connectivity index (χ1v) is 6.96. The molecule has 1 aromatic rings. The van der Waals surface area contributed by atoms with Crippen LogP contribution in [0.2, 0.25) is 0 Å². The number of halogens is 1. The molecular weight excluding hydrogens is 283 g/mol.